The molecule has 6 nitrogen and oxygen atoms in total. The summed E-state index contributed by atoms with van der Waals surface area (Å²) in [7, 11) is 0. The fourth-order valence-corrected chi connectivity index (χ4v) is 10.3. The van der Waals surface area contributed by atoms with E-state index < -0.39 is 5.66 Å². The Hall–Kier alpha value is -6.40. The lowest BCUT2D eigenvalue weighted by Gasteiger charge is -2.33. The Bertz CT molecular complexity index is 3170. The first-order valence-electron chi connectivity index (χ1n) is 17.1. The first-order chi connectivity index (χ1) is 24.2. The first-order valence-corrected chi connectivity index (χ1v) is 17.1. The molecular formula is C43H28N6+2. The molecule has 0 fully saturated rings. The molecule has 4 aromatic carbocycles. The highest BCUT2D eigenvalue weighted by atomic mass is 15.5. The fraction of sp³-hybridized carbons (Fsp3) is 0.0698. The van der Waals surface area contributed by atoms with Gasteiger partial charge in [0.2, 0.25) is 5.69 Å². The monoisotopic (exact) mass is 628 g/mol. The third-order valence-electron chi connectivity index (χ3n) is 11.9. The Balaban J connectivity index is 1.32. The molecule has 0 aliphatic carbocycles. The van der Waals surface area contributed by atoms with Crippen LogP contribution in [0.3, 0.4) is 0 Å². The topological polar surface area (TPSA) is 27.0 Å². The van der Waals surface area contributed by atoms with Gasteiger partial charge in [0.15, 0.2) is 5.69 Å². The second-order valence-corrected chi connectivity index (χ2v) is 14.0. The van der Waals surface area contributed by atoms with Gasteiger partial charge in [-0.05, 0) is 79.7 Å². The van der Waals surface area contributed by atoms with E-state index in [-0.39, 0.29) is 0 Å². The third kappa shape index (κ3) is 2.44. The van der Waals surface area contributed by atoms with Gasteiger partial charge in [-0.1, -0.05) is 47.1 Å². The zero-order chi connectivity index (χ0) is 31.9. The molecule has 1 spiro atoms. The Morgan fingerprint density at radius 1 is 0.612 bits per heavy atom. The van der Waals surface area contributed by atoms with Gasteiger partial charge < -0.3 is 8.97 Å². The number of fused-ring (bicyclic) bond motifs is 11. The average Bonchev–Trinajstić information content (AvgIpc) is 3.92. The Morgan fingerprint density at radius 2 is 1.35 bits per heavy atom. The average molecular weight is 629 g/mol. The minimum absolute atomic E-state index is 0.665. The van der Waals surface area contributed by atoms with Gasteiger partial charge in [-0.15, -0.1) is 4.68 Å². The largest absolute Gasteiger partial charge is 0.394 e. The van der Waals surface area contributed by atoms with E-state index in [1.807, 2.05) is 0 Å². The van der Waals surface area contributed by atoms with Crippen LogP contribution in [0.25, 0.3) is 77.4 Å². The Morgan fingerprint density at radius 3 is 2.20 bits per heavy atom. The molecule has 9 heterocycles. The van der Waals surface area contributed by atoms with Gasteiger partial charge in [-0.2, -0.15) is 9.13 Å². The summed E-state index contributed by atoms with van der Waals surface area (Å²) in [5.74, 6) is 0. The van der Waals surface area contributed by atoms with E-state index in [0.717, 1.165) is 0 Å². The number of para-hydroxylation sites is 2. The van der Waals surface area contributed by atoms with Crippen molar-refractivity contribution >= 4 is 49.3 Å². The van der Waals surface area contributed by atoms with E-state index >= 15 is 0 Å². The van der Waals surface area contributed by atoms with E-state index in [0.29, 0.717) is 0 Å². The third-order valence-corrected chi connectivity index (χ3v) is 11.9. The number of rotatable bonds is 1. The highest BCUT2D eigenvalue weighted by Crippen LogP contribution is 2.54. The summed E-state index contributed by atoms with van der Waals surface area (Å²) in [6.45, 7) is 4.63. The highest BCUT2D eigenvalue weighted by molar-refractivity contribution is 6.14. The smallest absolute Gasteiger partial charge is 0.323 e. The van der Waals surface area contributed by atoms with Crippen LogP contribution in [0.15, 0.2) is 134 Å². The quantitative estimate of drug-likeness (QED) is 0.165. The van der Waals surface area contributed by atoms with Crippen molar-refractivity contribution in [1.29, 1.82) is 0 Å². The van der Waals surface area contributed by atoms with Crippen LogP contribution >= 0.6 is 0 Å². The van der Waals surface area contributed by atoms with Crippen LogP contribution in [0.5, 0.6) is 0 Å². The molecular weight excluding hydrogens is 601 g/mol. The van der Waals surface area contributed by atoms with Crippen molar-refractivity contribution in [1.82, 2.24) is 18.2 Å². The molecule has 3 aliphatic rings. The van der Waals surface area contributed by atoms with Crippen molar-refractivity contribution < 1.29 is 9.25 Å². The van der Waals surface area contributed by atoms with E-state index in [1.165, 1.54) is 100.0 Å². The van der Waals surface area contributed by atoms with E-state index in [1.54, 1.807) is 0 Å². The molecule has 6 aromatic heterocycles. The molecule has 1 atom stereocenters. The van der Waals surface area contributed by atoms with E-state index in [4.69, 9.17) is 0 Å². The standard InChI is InChI=1S/C43H28N6/c1-25-38(27-23-28-11-7-8-21-44(28)24-27)26(2)49-43-39-35(17-9-18-37(39)48(25)49)46-33-15-5-3-12-29(33)31-19-20-36(40(43)41(31)46)47-34-16-6-4-13-30(34)32-14-10-22-45(43)42(32)47/h3-24H,1-2H3/q+2. The maximum atomic E-state index is 2.63. The lowest BCUT2D eigenvalue weighted by atomic mass is 9.82. The fourth-order valence-electron chi connectivity index (χ4n) is 10.3. The second kappa shape index (κ2) is 7.83. The predicted molar refractivity (Wildman–Crippen MR) is 192 cm³/mol. The van der Waals surface area contributed by atoms with Gasteiger partial charge in [0.25, 0.3) is 0 Å². The van der Waals surface area contributed by atoms with Crippen LogP contribution in [0.4, 0.5) is 0 Å². The summed E-state index contributed by atoms with van der Waals surface area (Å²) in [5, 5.41) is 5.11. The van der Waals surface area contributed by atoms with Gasteiger partial charge in [0, 0.05) is 46.6 Å². The van der Waals surface area contributed by atoms with Crippen molar-refractivity contribution in [3.63, 3.8) is 0 Å². The van der Waals surface area contributed by atoms with E-state index in [9.17, 15) is 0 Å². The van der Waals surface area contributed by atoms with Crippen molar-refractivity contribution in [3.05, 3.63) is 156 Å². The number of pyridine rings is 2. The molecule has 228 valence electrons. The molecule has 1 unspecified atom stereocenters. The molecule has 0 radical (unpaired) electrons. The number of nitrogens with zero attached hydrogens (tertiary/aromatic N) is 6. The van der Waals surface area contributed by atoms with Crippen LogP contribution in [0, 0.1) is 13.8 Å². The number of aromatic nitrogens is 6. The minimum atomic E-state index is -0.665. The van der Waals surface area contributed by atoms with Crippen molar-refractivity contribution in [2.24, 2.45) is 0 Å². The van der Waals surface area contributed by atoms with E-state index in [2.05, 4.69) is 175 Å². The summed E-state index contributed by atoms with van der Waals surface area (Å²) in [5.41, 5.74) is 16.9. The maximum Gasteiger partial charge on any atom is 0.394 e. The first kappa shape index (κ1) is 24.7. The van der Waals surface area contributed by atoms with Crippen LogP contribution in [0.2, 0.25) is 0 Å². The lowest BCUT2D eigenvalue weighted by Crippen LogP contribution is -2.77. The van der Waals surface area contributed by atoms with Crippen LogP contribution < -0.4 is 9.25 Å². The maximum absolute atomic E-state index is 2.63. The molecule has 6 heteroatoms. The zero-order valence-corrected chi connectivity index (χ0v) is 26.9. The summed E-state index contributed by atoms with van der Waals surface area (Å²) in [4.78, 5) is 0. The van der Waals surface area contributed by atoms with Gasteiger partial charge in [-0.25, -0.2) is 0 Å². The molecule has 10 aromatic rings. The molecule has 49 heavy (non-hydrogen) atoms. The summed E-state index contributed by atoms with van der Waals surface area (Å²) < 4.78 is 15.1. The minimum Gasteiger partial charge on any atom is -0.323 e. The molecule has 0 N–H and O–H groups in total. The van der Waals surface area contributed by atoms with Gasteiger partial charge in [0.05, 0.1) is 39.6 Å². The number of benzene rings is 4. The van der Waals surface area contributed by atoms with Crippen molar-refractivity contribution in [2.45, 2.75) is 19.5 Å². The molecule has 0 bridgehead atoms. The van der Waals surface area contributed by atoms with Crippen LogP contribution in [-0.4, -0.2) is 18.2 Å². The van der Waals surface area contributed by atoms with Gasteiger partial charge in [0.1, 0.15) is 22.3 Å². The van der Waals surface area contributed by atoms with Gasteiger partial charge >= 0.3 is 11.3 Å². The second-order valence-electron chi connectivity index (χ2n) is 14.0. The summed E-state index contributed by atoms with van der Waals surface area (Å²) in [6.07, 6.45) is 6.76. The normalized spacial score (nSPS) is 16.4. The van der Waals surface area contributed by atoms with Gasteiger partial charge in [-0.3, -0.25) is 0 Å². The Kier molecular flexibility index (Phi) is 3.95. The van der Waals surface area contributed by atoms with Crippen LogP contribution in [0.1, 0.15) is 22.5 Å². The Labute approximate surface area is 280 Å². The lowest BCUT2D eigenvalue weighted by molar-refractivity contribution is -0.989. The van der Waals surface area contributed by atoms with Crippen molar-refractivity contribution in [3.8, 4) is 28.2 Å². The molecule has 13 rings (SSSR count). The summed E-state index contributed by atoms with van der Waals surface area (Å²) >= 11 is 0. The number of hydrogen-bond donors (Lipinski definition) is 0. The number of hydrogen-bond acceptors (Lipinski definition) is 0. The highest BCUT2D eigenvalue weighted by Gasteiger charge is 2.69. The summed E-state index contributed by atoms with van der Waals surface area (Å²) in [6, 6.07) is 42.8. The molecule has 0 saturated carbocycles. The zero-order valence-electron chi connectivity index (χ0n) is 26.9. The molecule has 0 saturated heterocycles. The molecule has 3 aliphatic heterocycles. The van der Waals surface area contributed by atoms with Crippen molar-refractivity contribution in [2.75, 3.05) is 0 Å². The van der Waals surface area contributed by atoms with Crippen LogP contribution in [-0.2, 0) is 5.66 Å². The predicted octanol–water partition coefficient (Wildman–Crippen LogP) is 8.02. The SMILES string of the molecule is Cc1c(-c2cc3ccccn3c2)c(C)[n+]2n1-c1cccc3c1C21c2c(ccc4c5ccccc5n-3c24)-n2c3ccccc3c3ccc[n+]1c32. The molecule has 0 amide bonds.